The summed E-state index contributed by atoms with van der Waals surface area (Å²) in [6.07, 6.45) is -4.41. The first-order valence-electron chi connectivity index (χ1n) is 11.9. The van der Waals surface area contributed by atoms with Gasteiger partial charge in [0.2, 0.25) is 0 Å². The predicted octanol–water partition coefficient (Wildman–Crippen LogP) is 7.52. The van der Waals surface area contributed by atoms with Gasteiger partial charge in [-0.1, -0.05) is 53.7 Å². The van der Waals surface area contributed by atoms with Gasteiger partial charge in [0.25, 0.3) is 0 Å². The highest BCUT2D eigenvalue weighted by Crippen LogP contribution is 2.36. The summed E-state index contributed by atoms with van der Waals surface area (Å²) in [5.74, 6) is -0.104. The van der Waals surface area contributed by atoms with Crippen LogP contribution in [0.2, 0.25) is 0 Å². The van der Waals surface area contributed by atoms with E-state index in [9.17, 15) is 23.1 Å². The first kappa shape index (κ1) is 25.2. The number of ether oxygens (including phenoxy) is 1. The lowest BCUT2D eigenvalue weighted by atomic mass is 9.92. The van der Waals surface area contributed by atoms with E-state index >= 15 is 0 Å². The number of carbonyl (C=O) groups excluding carboxylic acids is 1. The van der Waals surface area contributed by atoms with E-state index in [4.69, 9.17) is 9.26 Å². The molecular weight excluding hydrogens is 495 g/mol. The van der Waals surface area contributed by atoms with Crippen LogP contribution in [0.3, 0.4) is 0 Å². The number of benzene rings is 4. The maximum absolute atomic E-state index is 13.0. The van der Waals surface area contributed by atoms with Crippen LogP contribution in [0.4, 0.5) is 13.2 Å². The van der Waals surface area contributed by atoms with Crippen LogP contribution >= 0.6 is 0 Å². The molecule has 5 aromatic rings. The first-order valence-corrected chi connectivity index (χ1v) is 11.9. The molecule has 0 radical (unpaired) electrons. The van der Waals surface area contributed by atoms with Gasteiger partial charge in [-0.05, 0) is 70.3 Å². The van der Waals surface area contributed by atoms with E-state index in [2.05, 4.69) is 5.16 Å². The largest absolute Gasteiger partial charge is 0.462 e. The van der Waals surface area contributed by atoms with E-state index < -0.39 is 17.7 Å². The molecule has 0 unspecified atom stereocenters. The Kier molecular flexibility index (Phi) is 6.73. The molecule has 0 aliphatic carbocycles. The van der Waals surface area contributed by atoms with Crippen LogP contribution < -0.4 is 0 Å². The van der Waals surface area contributed by atoms with Crippen molar-refractivity contribution in [3.63, 3.8) is 0 Å². The zero-order valence-corrected chi connectivity index (χ0v) is 20.3. The Hall–Kier alpha value is -4.43. The Morgan fingerprint density at radius 2 is 1.53 bits per heavy atom. The number of fused-ring (bicyclic) bond motifs is 1. The summed E-state index contributed by atoms with van der Waals surface area (Å²) in [7, 11) is 0. The summed E-state index contributed by atoms with van der Waals surface area (Å²) >= 11 is 0. The maximum Gasteiger partial charge on any atom is 0.416 e. The van der Waals surface area contributed by atoms with Crippen LogP contribution in [0.25, 0.3) is 44.3 Å². The van der Waals surface area contributed by atoms with Gasteiger partial charge in [-0.15, -0.1) is 0 Å². The molecule has 0 saturated heterocycles. The van der Waals surface area contributed by atoms with Crippen molar-refractivity contribution in [2.24, 2.45) is 0 Å². The molecule has 0 aliphatic rings. The lowest BCUT2D eigenvalue weighted by Crippen LogP contribution is -2.05. The molecule has 192 valence electrons. The molecule has 0 amide bonds. The fourth-order valence-corrected chi connectivity index (χ4v) is 4.32. The standard InChI is InChI=1S/C30H22F3NO4/c1-2-37-29(36)23-14-22-13-21(18-7-10-24(11-8-18)30(31,32)33)9-12-26(22)27(15-23)19-3-5-20(6-4-19)28-16-25(17-35)38-34-28/h3-16,35H,2,17H2,1H3. The van der Waals surface area contributed by atoms with Crippen molar-refractivity contribution in [3.8, 4) is 33.5 Å². The first-order chi connectivity index (χ1) is 18.3. The molecule has 0 atom stereocenters. The summed E-state index contributed by atoms with van der Waals surface area (Å²) in [5, 5.41) is 14.8. The molecule has 5 nitrogen and oxygen atoms in total. The molecule has 4 aromatic carbocycles. The SMILES string of the molecule is CCOC(=O)c1cc(-c2ccc(-c3cc(CO)on3)cc2)c2ccc(-c3ccc(C(F)(F)F)cc3)cc2c1. The van der Waals surface area contributed by atoms with Crippen LogP contribution in [0, 0.1) is 0 Å². The summed E-state index contributed by atoms with van der Waals surface area (Å²) in [4.78, 5) is 12.7. The highest BCUT2D eigenvalue weighted by molar-refractivity contribution is 6.04. The number of hydrogen-bond acceptors (Lipinski definition) is 5. The minimum atomic E-state index is -4.41. The Bertz CT molecular complexity index is 1600. The zero-order chi connectivity index (χ0) is 26.9. The quantitative estimate of drug-likeness (QED) is 0.236. The summed E-state index contributed by atoms with van der Waals surface area (Å²) in [6.45, 7) is 1.71. The molecule has 0 saturated carbocycles. The van der Waals surface area contributed by atoms with Gasteiger partial charge < -0.3 is 14.4 Å². The zero-order valence-electron chi connectivity index (χ0n) is 20.3. The second-order valence-electron chi connectivity index (χ2n) is 8.67. The molecule has 38 heavy (non-hydrogen) atoms. The fourth-order valence-electron chi connectivity index (χ4n) is 4.32. The molecule has 0 spiro atoms. The second-order valence-corrected chi connectivity index (χ2v) is 8.67. The molecule has 1 heterocycles. The number of aromatic nitrogens is 1. The lowest BCUT2D eigenvalue weighted by Gasteiger charge is -2.13. The van der Waals surface area contributed by atoms with Gasteiger partial charge in [0.15, 0.2) is 5.76 Å². The number of aliphatic hydroxyl groups excluding tert-OH is 1. The van der Waals surface area contributed by atoms with E-state index in [0.29, 0.717) is 22.6 Å². The minimum absolute atomic E-state index is 0.222. The monoisotopic (exact) mass is 517 g/mol. The third-order valence-electron chi connectivity index (χ3n) is 6.22. The van der Waals surface area contributed by atoms with Gasteiger partial charge in [-0.3, -0.25) is 0 Å². The molecule has 0 bridgehead atoms. The van der Waals surface area contributed by atoms with Crippen molar-refractivity contribution in [1.82, 2.24) is 5.16 Å². The molecule has 5 rings (SSSR count). The van der Waals surface area contributed by atoms with E-state index in [1.807, 2.05) is 42.5 Å². The van der Waals surface area contributed by atoms with Crippen molar-refractivity contribution < 1.29 is 32.3 Å². The number of aliphatic hydroxyl groups is 1. The third-order valence-corrected chi connectivity index (χ3v) is 6.22. The van der Waals surface area contributed by atoms with Crippen LogP contribution in [0.5, 0.6) is 0 Å². The fraction of sp³-hybridized carbons (Fsp3) is 0.133. The smallest absolute Gasteiger partial charge is 0.416 e. The van der Waals surface area contributed by atoms with Gasteiger partial charge in [0, 0.05) is 11.6 Å². The Balaban J connectivity index is 1.58. The van der Waals surface area contributed by atoms with Crippen molar-refractivity contribution >= 4 is 16.7 Å². The Morgan fingerprint density at radius 1 is 0.868 bits per heavy atom. The maximum atomic E-state index is 13.0. The third kappa shape index (κ3) is 5.03. The Morgan fingerprint density at radius 3 is 2.16 bits per heavy atom. The molecule has 1 N–H and O–H groups in total. The number of nitrogens with zero attached hydrogens (tertiary/aromatic N) is 1. The summed E-state index contributed by atoms with van der Waals surface area (Å²) in [6, 6.07) is 23.3. The van der Waals surface area contributed by atoms with Crippen LogP contribution in [0.15, 0.2) is 89.5 Å². The number of carbonyl (C=O) groups is 1. The predicted molar refractivity (Wildman–Crippen MR) is 137 cm³/mol. The van der Waals surface area contributed by atoms with Crippen LogP contribution in [0.1, 0.15) is 28.6 Å². The van der Waals surface area contributed by atoms with Gasteiger partial charge in [0.1, 0.15) is 12.3 Å². The molecule has 1 aromatic heterocycles. The number of rotatable bonds is 6. The van der Waals surface area contributed by atoms with Gasteiger partial charge in [0.05, 0.1) is 17.7 Å². The Labute approximate surface area is 216 Å². The average Bonchev–Trinajstić information content (AvgIpc) is 3.41. The van der Waals surface area contributed by atoms with Gasteiger partial charge in [-0.2, -0.15) is 13.2 Å². The van der Waals surface area contributed by atoms with E-state index in [-0.39, 0.29) is 13.2 Å². The van der Waals surface area contributed by atoms with Gasteiger partial charge >= 0.3 is 12.1 Å². The normalized spacial score (nSPS) is 11.6. The summed E-state index contributed by atoms with van der Waals surface area (Å²) in [5.41, 5.74) is 4.04. The van der Waals surface area contributed by atoms with E-state index in [1.54, 1.807) is 25.1 Å². The van der Waals surface area contributed by atoms with Crippen molar-refractivity contribution in [1.29, 1.82) is 0 Å². The highest BCUT2D eigenvalue weighted by atomic mass is 19.4. The van der Waals surface area contributed by atoms with Crippen molar-refractivity contribution in [2.45, 2.75) is 19.7 Å². The number of hydrogen-bond donors (Lipinski definition) is 1. The molecular formula is C30H22F3NO4. The average molecular weight is 518 g/mol. The van der Waals surface area contributed by atoms with Crippen LogP contribution in [-0.2, 0) is 17.5 Å². The minimum Gasteiger partial charge on any atom is -0.462 e. The molecule has 8 heteroatoms. The summed E-state index contributed by atoms with van der Waals surface area (Å²) < 4.78 is 49.3. The van der Waals surface area contributed by atoms with Crippen LogP contribution in [-0.4, -0.2) is 22.8 Å². The van der Waals surface area contributed by atoms with E-state index in [1.165, 1.54) is 12.1 Å². The number of halogens is 3. The molecule has 0 fully saturated rings. The number of esters is 1. The number of alkyl halides is 3. The van der Waals surface area contributed by atoms with E-state index in [0.717, 1.165) is 45.2 Å². The highest BCUT2D eigenvalue weighted by Gasteiger charge is 2.30. The van der Waals surface area contributed by atoms with Crippen molar-refractivity contribution in [2.75, 3.05) is 6.61 Å². The van der Waals surface area contributed by atoms with Crippen molar-refractivity contribution in [3.05, 3.63) is 102 Å². The lowest BCUT2D eigenvalue weighted by molar-refractivity contribution is -0.137. The molecule has 0 aliphatic heterocycles. The van der Waals surface area contributed by atoms with Gasteiger partial charge in [-0.25, -0.2) is 4.79 Å². The topological polar surface area (TPSA) is 72.6 Å². The second kappa shape index (κ2) is 10.1.